The lowest BCUT2D eigenvalue weighted by atomic mass is 9.80. The molecule has 0 saturated carbocycles. The number of oxime groups is 1. The first kappa shape index (κ1) is 21.1. The second-order valence-corrected chi connectivity index (χ2v) is 8.58. The minimum absolute atomic E-state index is 0.232. The van der Waals surface area contributed by atoms with E-state index in [0.29, 0.717) is 56.2 Å². The van der Waals surface area contributed by atoms with Crippen molar-refractivity contribution in [3.8, 4) is 0 Å². The molecule has 0 bridgehead atoms. The Bertz CT molecular complexity index is 1290. The van der Waals surface area contributed by atoms with E-state index in [9.17, 15) is 0 Å². The van der Waals surface area contributed by atoms with Crippen molar-refractivity contribution in [2.45, 2.75) is 30.6 Å². The Morgan fingerprint density at radius 1 is 1.06 bits per heavy atom. The fraction of sp³-hybridized carbons (Fsp3) is 0.375. The summed E-state index contributed by atoms with van der Waals surface area (Å²) >= 11 is 0. The van der Waals surface area contributed by atoms with Crippen LogP contribution in [0, 0.1) is 0 Å². The first-order valence-corrected chi connectivity index (χ1v) is 11.9. The molecule has 7 heterocycles. The fourth-order valence-corrected chi connectivity index (χ4v) is 5.17. The number of aromatic nitrogens is 3. The molecule has 5 aliphatic rings. The van der Waals surface area contributed by atoms with E-state index in [4.69, 9.17) is 33.4 Å². The first-order chi connectivity index (χ1) is 17.9. The largest absolute Gasteiger partial charge is 0.489 e. The molecule has 1 saturated heterocycles. The van der Waals surface area contributed by atoms with Gasteiger partial charge in [-0.1, -0.05) is 11.2 Å². The molecule has 12 heteroatoms. The maximum Gasteiger partial charge on any atom is 0.309 e. The lowest BCUT2D eigenvalue weighted by Gasteiger charge is -2.42. The highest BCUT2D eigenvalue weighted by Crippen LogP contribution is 2.54. The van der Waals surface area contributed by atoms with Gasteiger partial charge in [-0.05, 0) is 12.2 Å². The zero-order valence-electron chi connectivity index (χ0n) is 19.3. The lowest BCUT2D eigenvalue weighted by molar-refractivity contribution is -0.0497. The Kier molecular flexibility index (Phi) is 4.98. The van der Waals surface area contributed by atoms with Gasteiger partial charge in [-0.15, -0.1) is 0 Å². The van der Waals surface area contributed by atoms with Crippen LogP contribution in [0.5, 0.6) is 0 Å². The van der Waals surface area contributed by atoms with Gasteiger partial charge in [-0.25, -0.2) is 20.0 Å². The molecule has 1 fully saturated rings. The van der Waals surface area contributed by atoms with Gasteiger partial charge in [0.2, 0.25) is 11.4 Å². The van der Waals surface area contributed by atoms with Gasteiger partial charge in [-0.3, -0.25) is 9.97 Å². The third kappa shape index (κ3) is 3.00. The van der Waals surface area contributed by atoms with Crippen LogP contribution < -0.4 is 0 Å². The Balaban J connectivity index is 1.59. The average Bonchev–Trinajstić information content (AvgIpc) is 3.70. The highest BCUT2D eigenvalue weighted by Gasteiger charge is 2.64. The van der Waals surface area contributed by atoms with Crippen molar-refractivity contribution in [3.63, 3.8) is 0 Å². The molecule has 3 atom stereocenters. The number of allylic oxidation sites excluding steroid dienone is 2. The maximum atomic E-state index is 6.20. The molecule has 0 amide bonds. The molecule has 0 N–H and O–H groups in total. The Morgan fingerprint density at radius 3 is 2.67 bits per heavy atom. The summed E-state index contributed by atoms with van der Waals surface area (Å²) in [5, 5.41) is 8.28. The van der Waals surface area contributed by atoms with E-state index in [1.165, 1.54) is 6.26 Å². The molecule has 0 spiro atoms. The highest BCUT2D eigenvalue weighted by atomic mass is 16.6. The number of hydrogen-bond acceptors (Lipinski definition) is 12. The standard InChI is InChI=1S/C24H23N7O5/c1-2-10-32-16(3-1)20-21(17-4-11-33-17)30(19-5-12-36-29-19)31(23-28-9-14-35-23)24(20,22-27-8-13-34-22)18-15-25-6-7-26-18/h1-3,6-8,10,13,15-17H,4-5,9,11-12,14H2. The number of rotatable bonds is 4. The lowest BCUT2D eigenvalue weighted by Crippen LogP contribution is -2.57. The number of aliphatic imine (C=N–C) groups is 1. The Hall–Kier alpha value is -4.19. The minimum atomic E-state index is -1.26. The summed E-state index contributed by atoms with van der Waals surface area (Å²) in [5.41, 5.74) is 0.952. The fourth-order valence-electron chi connectivity index (χ4n) is 5.17. The van der Waals surface area contributed by atoms with Crippen LogP contribution in [0.4, 0.5) is 0 Å². The number of oxazole rings is 1. The highest BCUT2D eigenvalue weighted by molar-refractivity contribution is 5.90. The van der Waals surface area contributed by atoms with E-state index in [2.05, 4.69) is 15.1 Å². The van der Waals surface area contributed by atoms with Gasteiger partial charge < -0.3 is 23.5 Å². The molecular formula is C24H23N7O5. The van der Waals surface area contributed by atoms with Crippen molar-refractivity contribution < 1.29 is 23.5 Å². The normalized spacial score (nSPS) is 29.0. The molecule has 12 nitrogen and oxygen atoms in total. The van der Waals surface area contributed by atoms with E-state index < -0.39 is 11.6 Å². The van der Waals surface area contributed by atoms with Crippen LogP contribution in [0.1, 0.15) is 24.4 Å². The van der Waals surface area contributed by atoms with Gasteiger partial charge in [0, 0.05) is 30.8 Å². The minimum Gasteiger partial charge on any atom is -0.489 e. The van der Waals surface area contributed by atoms with Crippen LogP contribution in [0.2, 0.25) is 0 Å². The number of nitrogens with zero attached hydrogens (tertiary/aromatic N) is 7. The summed E-state index contributed by atoms with van der Waals surface area (Å²) < 4.78 is 24.5. The van der Waals surface area contributed by atoms with Crippen LogP contribution >= 0.6 is 0 Å². The van der Waals surface area contributed by atoms with Crippen LogP contribution in [0.3, 0.4) is 0 Å². The van der Waals surface area contributed by atoms with Crippen LogP contribution in [-0.4, -0.2) is 75.4 Å². The van der Waals surface area contributed by atoms with Crippen molar-refractivity contribution in [1.29, 1.82) is 0 Å². The predicted octanol–water partition coefficient (Wildman–Crippen LogP) is 1.87. The molecule has 0 aliphatic carbocycles. The van der Waals surface area contributed by atoms with Crippen molar-refractivity contribution in [2.75, 3.05) is 26.4 Å². The topological polar surface area (TPSA) is 120 Å². The summed E-state index contributed by atoms with van der Waals surface area (Å²) in [6.45, 7) is 2.06. The second-order valence-electron chi connectivity index (χ2n) is 8.58. The predicted molar refractivity (Wildman–Crippen MR) is 124 cm³/mol. The molecule has 0 aromatic carbocycles. The third-order valence-electron chi connectivity index (χ3n) is 6.66. The van der Waals surface area contributed by atoms with Crippen LogP contribution in [0.25, 0.3) is 0 Å². The molecule has 36 heavy (non-hydrogen) atoms. The third-order valence-corrected chi connectivity index (χ3v) is 6.66. The number of ether oxygens (including phenoxy) is 3. The molecule has 2 aromatic heterocycles. The average molecular weight is 489 g/mol. The van der Waals surface area contributed by atoms with Gasteiger partial charge in [0.05, 0.1) is 37.5 Å². The zero-order valence-corrected chi connectivity index (χ0v) is 19.3. The van der Waals surface area contributed by atoms with Crippen LogP contribution in [-0.2, 0) is 24.6 Å². The summed E-state index contributed by atoms with van der Waals surface area (Å²) in [6, 6.07) is 0.385. The molecule has 3 unspecified atom stereocenters. The molecule has 2 aromatic rings. The van der Waals surface area contributed by atoms with Crippen LogP contribution in [0.15, 0.2) is 81.4 Å². The van der Waals surface area contributed by atoms with E-state index in [1.807, 2.05) is 28.2 Å². The molecule has 5 aliphatic heterocycles. The molecule has 7 rings (SSSR count). The monoisotopic (exact) mass is 489 g/mol. The number of hydrogen-bond donors (Lipinski definition) is 0. The Labute approximate surface area is 206 Å². The van der Waals surface area contributed by atoms with Crippen molar-refractivity contribution in [1.82, 2.24) is 25.0 Å². The second kappa shape index (κ2) is 8.48. The van der Waals surface area contributed by atoms with Crippen molar-refractivity contribution in [3.05, 3.63) is 78.4 Å². The van der Waals surface area contributed by atoms with Crippen molar-refractivity contribution in [2.24, 2.45) is 10.1 Å². The number of amidine groups is 2. The molecule has 0 radical (unpaired) electrons. The van der Waals surface area contributed by atoms with Gasteiger partial charge in [-0.2, -0.15) is 0 Å². The molecule has 184 valence electrons. The quantitative estimate of drug-likeness (QED) is 0.629. The van der Waals surface area contributed by atoms with E-state index in [1.54, 1.807) is 31.0 Å². The van der Waals surface area contributed by atoms with E-state index in [-0.39, 0.29) is 6.10 Å². The summed E-state index contributed by atoms with van der Waals surface area (Å²) in [5.74, 6) is 1.05. The van der Waals surface area contributed by atoms with Crippen molar-refractivity contribution >= 4 is 11.9 Å². The Morgan fingerprint density at radius 2 is 2.03 bits per heavy atom. The maximum absolute atomic E-state index is 6.20. The smallest absolute Gasteiger partial charge is 0.309 e. The van der Waals surface area contributed by atoms with E-state index >= 15 is 0 Å². The SMILES string of the molecule is C1=COC(C2=C(C3CCO3)N(C3=NOCC3)N(C3=NCCO3)C2(c2cnccn2)c2ncco2)C=C1. The summed E-state index contributed by atoms with van der Waals surface area (Å²) in [6.07, 6.45) is 16.2. The molecular weight excluding hydrogens is 466 g/mol. The summed E-state index contributed by atoms with van der Waals surface area (Å²) in [4.78, 5) is 24.0. The van der Waals surface area contributed by atoms with Gasteiger partial charge >= 0.3 is 6.02 Å². The number of hydrazine groups is 1. The first-order valence-electron chi connectivity index (χ1n) is 11.9. The zero-order chi connectivity index (χ0) is 24.0. The van der Waals surface area contributed by atoms with Gasteiger partial charge in [0.15, 0.2) is 5.84 Å². The summed E-state index contributed by atoms with van der Waals surface area (Å²) in [7, 11) is 0. The van der Waals surface area contributed by atoms with E-state index in [0.717, 1.165) is 17.7 Å². The van der Waals surface area contributed by atoms with Gasteiger partial charge in [0.25, 0.3) is 0 Å². The van der Waals surface area contributed by atoms with Gasteiger partial charge in [0.1, 0.15) is 37.4 Å².